The number of amides is 1. The van der Waals surface area contributed by atoms with Crippen LogP contribution in [0.1, 0.15) is 38.7 Å². The van der Waals surface area contributed by atoms with Crippen molar-refractivity contribution in [2.45, 2.75) is 62.9 Å². The van der Waals surface area contributed by atoms with Crippen LogP contribution in [-0.4, -0.2) is 78.7 Å². The molecule has 0 saturated carbocycles. The summed E-state index contributed by atoms with van der Waals surface area (Å²) in [5.41, 5.74) is 0.970. The monoisotopic (exact) mass is 576 g/mol. The minimum Gasteiger partial charge on any atom is -0.497 e. The van der Waals surface area contributed by atoms with Gasteiger partial charge >= 0.3 is 6.09 Å². The Bertz CT molecular complexity index is 1020. The molecular weight excluding hydrogens is 532 g/mol. The van der Waals surface area contributed by atoms with Gasteiger partial charge in [0.1, 0.15) is 16.7 Å². The summed E-state index contributed by atoms with van der Waals surface area (Å²) in [7, 11) is 1.39. The van der Waals surface area contributed by atoms with Crippen molar-refractivity contribution in [2.24, 2.45) is 11.8 Å². The van der Waals surface area contributed by atoms with E-state index in [1.165, 1.54) is 20.0 Å². The number of rotatable bonds is 12. The third-order valence-corrected chi connectivity index (χ3v) is 8.72. The van der Waals surface area contributed by atoms with E-state index in [1.54, 1.807) is 35.7 Å². The highest BCUT2D eigenvalue weighted by atomic mass is 32.2. The number of carbonyl (C=O) groups is 1. The Hall–Kier alpha value is -2.50. The highest BCUT2D eigenvalue weighted by Crippen LogP contribution is 2.30. The van der Waals surface area contributed by atoms with Gasteiger partial charge < -0.3 is 29.4 Å². The van der Waals surface area contributed by atoms with E-state index < -0.39 is 29.2 Å². The molecule has 2 N–H and O–H groups in total. The van der Waals surface area contributed by atoms with E-state index in [1.807, 2.05) is 30.3 Å². The molecule has 222 valence electrons. The van der Waals surface area contributed by atoms with Gasteiger partial charge in [-0.15, -0.1) is 0 Å². The maximum atomic E-state index is 13.4. The van der Waals surface area contributed by atoms with Crippen molar-refractivity contribution in [2.75, 3.05) is 40.5 Å². The molecule has 4 atom stereocenters. The van der Waals surface area contributed by atoms with Crippen LogP contribution >= 0.6 is 0 Å². The van der Waals surface area contributed by atoms with Crippen LogP contribution in [0.3, 0.4) is 0 Å². The van der Waals surface area contributed by atoms with Gasteiger partial charge in [0.05, 0.1) is 44.5 Å². The van der Waals surface area contributed by atoms with Crippen molar-refractivity contribution >= 4 is 17.1 Å². The molecule has 1 amide bonds. The number of carbonyl (C=O) groups excluding carboxylic acids is 1. The maximum Gasteiger partial charge on any atom is 0.407 e. The first-order chi connectivity index (χ1) is 19.3. The molecular formula is C30H44N2O7S. The number of aliphatic hydroxyl groups is 1. The number of nitrogens with zero attached hydrogens (tertiary/aromatic N) is 1. The van der Waals surface area contributed by atoms with Crippen LogP contribution in [0.4, 0.5) is 4.79 Å². The van der Waals surface area contributed by atoms with Gasteiger partial charge in [0.15, 0.2) is 6.29 Å². The molecule has 2 aromatic carbocycles. The Morgan fingerprint density at radius 3 is 2.27 bits per heavy atom. The summed E-state index contributed by atoms with van der Waals surface area (Å²) in [6.07, 6.45) is 2.37. The molecule has 2 aromatic rings. The van der Waals surface area contributed by atoms with Crippen molar-refractivity contribution in [3.05, 3.63) is 60.2 Å². The zero-order valence-electron chi connectivity index (χ0n) is 24.0. The molecule has 0 spiro atoms. The number of hydrogen-bond acceptors (Lipinski definition) is 7. The minimum atomic E-state index is -1.48. The molecule has 0 aromatic heterocycles. The number of methoxy groups -OCH3 is 2. The smallest absolute Gasteiger partial charge is 0.407 e. The first-order valence-electron chi connectivity index (χ1n) is 13.9. The Labute approximate surface area is 240 Å². The fourth-order valence-electron chi connectivity index (χ4n) is 4.63. The van der Waals surface area contributed by atoms with Crippen molar-refractivity contribution in [1.29, 1.82) is 0 Å². The van der Waals surface area contributed by atoms with Gasteiger partial charge in [0.2, 0.25) is 0 Å². The normalized spacial score (nSPS) is 20.9. The summed E-state index contributed by atoms with van der Waals surface area (Å²) in [4.78, 5) is 12.5. The lowest BCUT2D eigenvalue weighted by molar-refractivity contribution is -0.0904. The topological polar surface area (TPSA) is 107 Å². The number of nitrogens with one attached hydrogen (secondary N) is 1. The number of ether oxygens (including phenoxy) is 4. The van der Waals surface area contributed by atoms with Gasteiger partial charge in [-0.2, -0.15) is 0 Å². The first kappa shape index (κ1) is 32.0. The van der Waals surface area contributed by atoms with Gasteiger partial charge in [-0.1, -0.05) is 50.6 Å². The molecule has 2 heterocycles. The molecule has 10 heteroatoms. The minimum absolute atomic E-state index is 0.129. The number of fused-ring (bicyclic) bond motifs is 1. The van der Waals surface area contributed by atoms with E-state index in [2.05, 4.69) is 19.2 Å². The molecule has 2 fully saturated rings. The summed E-state index contributed by atoms with van der Waals surface area (Å²) in [5, 5.41) is 13.8. The summed E-state index contributed by atoms with van der Waals surface area (Å²) in [6, 6.07) is 16.1. The fraction of sp³-hybridized carbons (Fsp3) is 0.567. The van der Waals surface area contributed by atoms with E-state index in [0.717, 1.165) is 31.1 Å². The molecule has 40 heavy (non-hydrogen) atoms. The van der Waals surface area contributed by atoms with Crippen LogP contribution in [0.25, 0.3) is 0 Å². The molecule has 2 aliphatic heterocycles. The fourth-order valence-corrected chi connectivity index (χ4v) is 5.98. The lowest BCUT2D eigenvalue weighted by Gasteiger charge is -2.30. The first-order valence-corrected chi connectivity index (χ1v) is 15.1. The van der Waals surface area contributed by atoms with E-state index in [0.29, 0.717) is 23.6 Å². The second-order valence-electron chi connectivity index (χ2n) is 10.2. The average molecular weight is 577 g/mol. The van der Waals surface area contributed by atoms with Gasteiger partial charge in [0, 0.05) is 19.0 Å². The lowest BCUT2D eigenvalue weighted by atomic mass is 10.0. The largest absolute Gasteiger partial charge is 0.497 e. The molecule has 9 nitrogen and oxygen atoms in total. The lowest BCUT2D eigenvalue weighted by Crippen LogP contribution is -2.50. The van der Waals surface area contributed by atoms with Crippen LogP contribution in [0.15, 0.2) is 59.5 Å². The van der Waals surface area contributed by atoms with Crippen LogP contribution < -0.4 is 10.1 Å². The third kappa shape index (κ3) is 9.85. The van der Waals surface area contributed by atoms with Crippen molar-refractivity contribution in [1.82, 2.24) is 9.62 Å². The zero-order chi connectivity index (χ0) is 28.9. The summed E-state index contributed by atoms with van der Waals surface area (Å²) in [6.45, 7) is 6.66. The predicted molar refractivity (Wildman–Crippen MR) is 154 cm³/mol. The van der Waals surface area contributed by atoms with E-state index >= 15 is 0 Å². The molecule has 0 bridgehead atoms. The standard InChI is InChI=1S/C24H34N2O5S.C6H10O2/c1-5-18(2)16-26(32(29)21-13-11-20(30-3)12-14-21)17-23(27)22(25-24(28)31-4)15-19-9-7-6-8-10-19;1-3-7-6-5(1)2-4-8-6/h6-14,18,22-23,27H,5,15-17H2,1-4H3,(H,25,28);5-6H,1-4H2. The van der Waals surface area contributed by atoms with Gasteiger partial charge in [0.25, 0.3) is 0 Å². The van der Waals surface area contributed by atoms with E-state index in [9.17, 15) is 14.1 Å². The second-order valence-corrected chi connectivity index (χ2v) is 11.7. The Kier molecular flexibility index (Phi) is 13.4. The number of alkyl carbamates (subject to hydrolysis) is 1. The zero-order valence-corrected chi connectivity index (χ0v) is 24.8. The Morgan fingerprint density at radius 2 is 1.73 bits per heavy atom. The van der Waals surface area contributed by atoms with Crippen molar-refractivity contribution in [3.8, 4) is 5.75 Å². The van der Waals surface area contributed by atoms with Crippen LogP contribution in [-0.2, 0) is 31.6 Å². The van der Waals surface area contributed by atoms with E-state index in [-0.39, 0.29) is 18.8 Å². The van der Waals surface area contributed by atoms with Gasteiger partial charge in [-0.25, -0.2) is 13.3 Å². The average Bonchev–Trinajstić information content (AvgIpc) is 3.63. The highest BCUT2D eigenvalue weighted by Gasteiger charge is 2.33. The predicted octanol–water partition coefficient (Wildman–Crippen LogP) is 4.16. The number of benzene rings is 2. The highest BCUT2D eigenvalue weighted by molar-refractivity contribution is 7.82. The molecule has 0 aliphatic carbocycles. The summed E-state index contributed by atoms with van der Waals surface area (Å²) < 4.78 is 35.6. The Balaban J connectivity index is 0.000000463. The van der Waals surface area contributed by atoms with E-state index in [4.69, 9.17) is 18.9 Å². The molecule has 4 unspecified atom stereocenters. The number of hydrogen-bond donors (Lipinski definition) is 2. The number of aliphatic hydroxyl groups excluding tert-OH is 1. The van der Waals surface area contributed by atoms with Crippen LogP contribution in [0.2, 0.25) is 0 Å². The summed E-state index contributed by atoms with van der Waals surface area (Å²) in [5.74, 6) is 1.70. The van der Waals surface area contributed by atoms with Crippen molar-refractivity contribution in [3.63, 3.8) is 0 Å². The van der Waals surface area contributed by atoms with Crippen LogP contribution in [0.5, 0.6) is 5.75 Å². The summed E-state index contributed by atoms with van der Waals surface area (Å²) >= 11 is 0. The Morgan fingerprint density at radius 1 is 1.07 bits per heavy atom. The molecule has 2 saturated heterocycles. The molecule has 0 radical (unpaired) electrons. The third-order valence-electron chi connectivity index (χ3n) is 7.28. The molecule has 4 rings (SSSR count). The van der Waals surface area contributed by atoms with Gasteiger partial charge in [-0.05, 0) is 55.0 Å². The van der Waals surface area contributed by atoms with Crippen LogP contribution in [0, 0.1) is 11.8 Å². The second kappa shape index (κ2) is 16.7. The maximum absolute atomic E-state index is 13.4. The molecule has 2 aliphatic rings. The quantitative estimate of drug-likeness (QED) is 0.391. The SMILES string of the molecule is C1CC2CCOC2O1.CCC(C)CN(CC(O)C(Cc1ccccc1)NC(=O)OC)S(=O)c1ccc(OC)cc1. The van der Waals surface area contributed by atoms with Gasteiger partial charge in [-0.3, -0.25) is 0 Å². The van der Waals surface area contributed by atoms with Crippen molar-refractivity contribution < 1.29 is 33.1 Å².